The Balaban J connectivity index is 2.03. The fourth-order valence-electron chi connectivity index (χ4n) is 3.65. The molecule has 0 saturated carbocycles. The van der Waals surface area contributed by atoms with Gasteiger partial charge >= 0.3 is 5.97 Å². The van der Waals surface area contributed by atoms with Crippen molar-refractivity contribution in [2.24, 2.45) is 5.90 Å². The number of sulfone groups is 1. The van der Waals surface area contributed by atoms with E-state index in [0.29, 0.717) is 12.8 Å². The van der Waals surface area contributed by atoms with Gasteiger partial charge in [0.1, 0.15) is 5.82 Å². The predicted octanol–water partition coefficient (Wildman–Crippen LogP) is 3.42. The van der Waals surface area contributed by atoms with E-state index in [2.05, 4.69) is 9.82 Å². The van der Waals surface area contributed by atoms with E-state index in [1.54, 1.807) is 43.0 Å². The van der Waals surface area contributed by atoms with Gasteiger partial charge < -0.3 is 9.67 Å². The lowest BCUT2D eigenvalue weighted by Gasteiger charge is -2.23. The van der Waals surface area contributed by atoms with Crippen LogP contribution in [0.15, 0.2) is 78.2 Å². The highest BCUT2D eigenvalue weighted by Gasteiger charge is 2.21. The van der Waals surface area contributed by atoms with Crippen LogP contribution in [0.2, 0.25) is 0 Å². The SMILES string of the molecule is CS(=O)(=O)c1ccc(/C(=C/CCC(ON)C(=O)O)C(Cc2ccc(F)cc2)n2ccnc2)cc1. The minimum absolute atomic E-state index is 0.143. The number of carboxylic acids is 1. The zero-order valence-corrected chi connectivity index (χ0v) is 19.4. The van der Waals surface area contributed by atoms with Gasteiger partial charge in [0.2, 0.25) is 0 Å². The first-order chi connectivity index (χ1) is 16.2. The van der Waals surface area contributed by atoms with Gasteiger partial charge in [-0.3, -0.25) is 4.84 Å². The van der Waals surface area contributed by atoms with Crippen LogP contribution < -0.4 is 5.90 Å². The Hall–Kier alpha value is -3.34. The van der Waals surface area contributed by atoms with Crippen molar-refractivity contribution in [2.45, 2.75) is 36.3 Å². The van der Waals surface area contributed by atoms with Crippen LogP contribution in [0.1, 0.15) is 30.0 Å². The van der Waals surface area contributed by atoms with Crippen molar-refractivity contribution in [3.63, 3.8) is 0 Å². The lowest BCUT2D eigenvalue weighted by molar-refractivity contribution is -0.151. The molecule has 1 aromatic heterocycles. The van der Waals surface area contributed by atoms with Gasteiger partial charge in [-0.25, -0.2) is 28.5 Å². The van der Waals surface area contributed by atoms with Crippen molar-refractivity contribution < 1.29 is 27.5 Å². The fraction of sp³-hybridized carbons (Fsp3) is 0.250. The molecule has 0 aliphatic rings. The van der Waals surface area contributed by atoms with Crippen molar-refractivity contribution in [3.8, 4) is 0 Å². The van der Waals surface area contributed by atoms with Crippen LogP contribution in [-0.4, -0.2) is 41.4 Å². The Morgan fingerprint density at radius 3 is 2.41 bits per heavy atom. The highest BCUT2D eigenvalue weighted by atomic mass is 32.2. The first-order valence-electron chi connectivity index (χ1n) is 10.5. The summed E-state index contributed by atoms with van der Waals surface area (Å²) >= 11 is 0. The van der Waals surface area contributed by atoms with Crippen LogP contribution in [0.5, 0.6) is 0 Å². The number of carboxylic acid groups (broad SMARTS) is 1. The van der Waals surface area contributed by atoms with Gasteiger partial charge in [-0.2, -0.15) is 0 Å². The Kier molecular flexibility index (Phi) is 8.32. The largest absolute Gasteiger partial charge is 0.479 e. The number of carbonyl (C=O) groups is 1. The van der Waals surface area contributed by atoms with E-state index in [0.717, 1.165) is 23.0 Å². The van der Waals surface area contributed by atoms with Gasteiger partial charge in [0.15, 0.2) is 15.9 Å². The number of aliphatic carboxylic acids is 1. The summed E-state index contributed by atoms with van der Waals surface area (Å²) in [5.74, 6) is 3.61. The molecule has 0 spiro atoms. The number of hydrogen-bond donors (Lipinski definition) is 2. The topological polar surface area (TPSA) is 125 Å². The molecule has 3 rings (SSSR count). The van der Waals surface area contributed by atoms with Gasteiger partial charge in [-0.15, -0.1) is 0 Å². The Morgan fingerprint density at radius 2 is 1.88 bits per heavy atom. The number of rotatable bonds is 11. The number of imidazole rings is 1. The molecule has 1 heterocycles. The molecule has 34 heavy (non-hydrogen) atoms. The number of nitrogens with zero attached hydrogens (tertiary/aromatic N) is 2. The first kappa shape index (κ1) is 25.3. The van der Waals surface area contributed by atoms with E-state index in [9.17, 15) is 22.7 Å². The zero-order chi connectivity index (χ0) is 24.7. The number of halogens is 1. The van der Waals surface area contributed by atoms with Gasteiger partial charge in [-0.1, -0.05) is 30.3 Å². The average Bonchev–Trinajstić information content (AvgIpc) is 3.33. The molecule has 8 nitrogen and oxygen atoms in total. The fourth-order valence-corrected chi connectivity index (χ4v) is 4.28. The summed E-state index contributed by atoms with van der Waals surface area (Å²) in [5, 5.41) is 9.21. The summed E-state index contributed by atoms with van der Waals surface area (Å²) in [6, 6.07) is 12.4. The maximum atomic E-state index is 13.5. The predicted molar refractivity (Wildman–Crippen MR) is 125 cm³/mol. The molecule has 0 amide bonds. The molecule has 10 heteroatoms. The highest BCUT2D eigenvalue weighted by Crippen LogP contribution is 2.32. The molecule has 0 saturated heterocycles. The maximum absolute atomic E-state index is 13.5. The quantitative estimate of drug-likeness (QED) is 0.397. The van der Waals surface area contributed by atoms with E-state index < -0.39 is 21.9 Å². The number of hydrogen-bond acceptors (Lipinski definition) is 6. The Morgan fingerprint density at radius 1 is 1.21 bits per heavy atom. The van der Waals surface area contributed by atoms with Crippen LogP contribution in [0.4, 0.5) is 4.39 Å². The van der Waals surface area contributed by atoms with Crippen LogP contribution >= 0.6 is 0 Å². The van der Waals surface area contributed by atoms with Gasteiger partial charge in [-0.05, 0) is 60.2 Å². The molecule has 2 aromatic carbocycles. The van der Waals surface area contributed by atoms with E-state index in [1.165, 1.54) is 24.3 Å². The molecule has 0 aliphatic heterocycles. The molecule has 0 aliphatic carbocycles. The van der Waals surface area contributed by atoms with Gasteiger partial charge in [0.05, 0.1) is 17.3 Å². The van der Waals surface area contributed by atoms with Crippen LogP contribution in [0.3, 0.4) is 0 Å². The van der Waals surface area contributed by atoms with Crippen molar-refractivity contribution in [3.05, 3.63) is 90.3 Å². The highest BCUT2D eigenvalue weighted by molar-refractivity contribution is 7.90. The minimum Gasteiger partial charge on any atom is -0.479 e. The monoisotopic (exact) mass is 487 g/mol. The third-order valence-corrected chi connectivity index (χ3v) is 6.56. The summed E-state index contributed by atoms with van der Waals surface area (Å²) in [5.41, 5.74) is 2.46. The van der Waals surface area contributed by atoms with E-state index in [-0.39, 0.29) is 23.2 Å². The Bertz CT molecular complexity index is 1220. The molecule has 180 valence electrons. The zero-order valence-electron chi connectivity index (χ0n) is 18.5. The average molecular weight is 488 g/mol. The third-order valence-electron chi connectivity index (χ3n) is 5.43. The van der Waals surface area contributed by atoms with Gasteiger partial charge in [0, 0.05) is 18.6 Å². The van der Waals surface area contributed by atoms with Crippen molar-refractivity contribution in [1.82, 2.24) is 9.55 Å². The van der Waals surface area contributed by atoms with Crippen LogP contribution in [0.25, 0.3) is 5.57 Å². The van der Waals surface area contributed by atoms with E-state index >= 15 is 0 Å². The maximum Gasteiger partial charge on any atom is 0.334 e. The van der Waals surface area contributed by atoms with E-state index in [4.69, 9.17) is 5.90 Å². The molecule has 0 fully saturated rings. The lowest BCUT2D eigenvalue weighted by Crippen LogP contribution is -2.26. The molecule has 3 N–H and O–H groups in total. The molecule has 0 bridgehead atoms. The molecule has 0 radical (unpaired) electrons. The second kappa shape index (κ2) is 11.2. The molecular weight excluding hydrogens is 461 g/mol. The van der Waals surface area contributed by atoms with Gasteiger partial charge in [0.25, 0.3) is 0 Å². The Labute approximate surface area is 197 Å². The number of allylic oxidation sites excluding steroid dienone is 2. The molecule has 3 aromatic rings. The number of aromatic nitrogens is 2. The van der Waals surface area contributed by atoms with Crippen molar-refractivity contribution in [2.75, 3.05) is 6.26 Å². The molecule has 2 atom stereocenters. The molecule has 2 unspecified atom stereocenters. The van der Waals surface area contributed by atoms with E-state index in [1.807, 2.05) is 10.6 Å². The molecular formula is C24H26FN3O5S. The normalized spacial score (nSPS) is 14.0. The van der Waals surface area contributed by atoms with Crippen LogP contribution in [-0.2, 0) is 25.9 Å². The standard InChI is InChI=1S/C24H26FN3O5S/c1-34(31,32)20-11-7-18(8-12-20)21(3-2-4-23(33-26)24(29)30)22(28-14-13-27-16-28)15-17-5-9-19(25)10-6-17/h3,5-14,16,22-23H,2,4,15,26H2,1H3,(H,29,30)/b21-3-. The summed E-state index contributed by atoms with van der Waals surface area (Å²) < 4.78 is 39.2. The van der Waals surface area contributed by atoms with Crippen molar-refractivity contribution >= 4 is 21.4 Å². The number of nitrogens with two attached hydrogens (primary N) is 1. The lowest BCUT2D eigenvalue weighted by atomic mass is 9.91. The first-order valence-corrected chi connectivity index (χ1v) is 12.4. The minimum atomic E-state index is -3.37. The third kappa shape index (κ3) is 6.60. The summed E-state index contributed by atoms with van der Waals surface area (Å²) in [7, 11) is -3.37. The number of benzene rings is 2. The second-order valence-corrected chi connectivity index (χ2v) is 9.87. The summed E-state index contributed by atoms with van der Waals surface area (Å²) in [6.45, 7) is 0. The summed E-state index contributed by atoms with van der Waals surface area (Å²) in [4.78, 5) is 20.2. The summed E-state index contributed by atoms with van der Waals surface area (Å²) in [6.07, 6.45) is 7.95. The smallest absolute Gasteiger partial charge is 0.334 e. The van der Waals surface area contributed by atoms with Crippen LogP contribution in [0, 0.1) is 5.82 Å². The van der Waals surface area contributed by atoms with Crippen molar-refractivity contribution in [1.29, 1.82) is 0 Å². The second-order valence-electron chi connectivity index (χ2n) is 7.85.